The van der Waals surface area contributed by atoms with Gasteiger partial charge in [-0.25, -0.2) is 0 Å². The van der Waals surface area contributed by atoms with Crippen molar-refractivity contribution in [3.8, 4) is 0 Å². The molecule has 0 spiro atoms. The van der Waals surface area contributed by atoms with Crippen molar-refractivity contribution in [3.05, 3.63) is 0 Å². The van der Waals surface area contributed by atoms with Gasteiger partial charge < -0.3 is 0 Å². The molecular weight excluding hydrogens is 333 g/mol. The molecule has 0 heterocycles. The van der Waals surface area contributed by atoms with Gasteiger partial charge in [-0.05, 0) is 0 Å². The molecule has 0 aromatic carbocycles. The van der Waals surface area contributed by atoms with E-state index >= 15 is 0 Å². The molecule has 2 N–H and O–H groups in total. The first kappa shape index (κ1) is 16.6. The number of hydrogen-bond donors (Lipinski definition) is 2. The van der Waals surface area contributed by atoms with Gasteiger partial charge in [0.1, 0.15) is 0 Å². The van der Waals surface area contributed by atoms with Gasteiger partial charge in [0.15, 0.2) is 0 Å². The molecule has 0 rings (SSSR count). The Bertz CT molecular complexity index is 247. The van der Waals surface area contributed by atoms with Gasteiger partial charge in [-0.2, -0.15) is 0 Å². The number of alkyl halides is 1. The van der Waals surface area contributed by atoms with Crippen LogP contribution in [0.25, 0.3) is 0 Å². The number of carbonyl (C=O) groups is 2. The zero-order valence-electron chi connectivity index (χ0n) is 11.0. The first-order valence-corrected chi connectivity index (χ1v) is 8.91. The van der Waals surface area contributed by atoms with E-state index in [1.54, 1.807) is 7.05 Å². The van der Waals surface area contributed by atoms with Crippen molar-refractivity contribution < 1.29 is 30.8 Å². The second kappa shape index (κ2) is 9.64. The molecule has 1 unspecified atom stereocenters. The number of hydrogen-bond acceptors (Lipinski definition) is 3. The van der Waals surface area contributed by atoms with Gasteiger partial charge in [-0.1, -0.05) is 0 Å². The number of rotatable bonds is 8. The zero-order chi connectivity index (χ0) is 13.3. The summed E-state index contributed by atoms with van der Waals surface area (Å²) in [6.45, 7) is 1.01. The minimum absolute atomic E-state index is 0.0324. The van der Waals surface area contributed by atoms with Crippen molar-refractivity contribution >= 4 is 9.82 Å². The Balaban J connectivity index is 4.02. The minimum atomic E-state index is -0.488. The molecule has 0 aliphatic carbocycles. The molecule has 1 atom stereocenters. The van der Waals surface area contributed by atoms with E-state index in [2.05, 4.69) is 15.5 Å². The SMILES string of the molecule is CNC(=O)C(CCCCN(C)C)NC(=O)[I-]C. The molecule has 0 aliphatic rings. The Morgan fingerprint density at radius 1 is 1.29 bits per heavy atom. The Kier molecular flexibility index (Phi) is 9.43. The predicted octanol–water partition coefficient (Wildman–Crippen LogP) is -2.74. The molecule has 17 heavy (non-hydrogen) atoms. The summed E-state index contributed by atoms with van der Waals surface area (Å²) in [7, 11) is 5.65. The molecule has 6 heteroatoms. The van der Waals surface area contributed by atoms with E-state index in [0.717, 1.165) is 19.4 Å². The van der Waals surface area contributed by atoms with E-state index in [0.29, 0.717) is 6.42 Å². The summed E-state index contributed by atoms with van der Waals surface area (Å²) >= 11 is -0.488. The number of nitrogens with zero attached hydrogens (tertiary/aromatic N) is 1. The molecule has 0 aliphatic heterocycles. The monoisotopic (exact) mass is 356 g/mol. The van der Waals surface area contributed by atoms with Crippen LogP contribution in [0.3, 0.4) is 0 Å². The second-order valence-electron chi connectivity index (χ2n) is 4.07. The average molecular weight is 356 g/mol. The molecule has 2 amide bonds. The average Bonchev–Trinajstić information content (AvgIpc) is 2.31. The second-order valence-corrected chi connectivity index (χ2v) is 6.13. The van der Waals surface area contributed by atoms with Gasteiger partial charge in [-0.15, -0.1) is 0 Å². The summed E-state index contributed by atoms with van der Waals surface area (Å²) in [6.07, 6.45) is 2.69. The number of amides is 2. The maximum atomic E-state index is 11.6. The summed E-state index contributed by atoms with van der Waals surface area (Å²) in [5.41, 5.74) is 0. The Hall–Kier alpha value is -0.370. The molecular formula is C11H23IN3O2-. The summed E-state index contributed by atoms with van der Waals surface area (Å²) in [6, 6.07) is -0.366. The quantitative estimate of drug-likeness (QED) is 0.163. The number of nitrogens with one attached hydrogen (secondary N) is 2. The van der Waals surface area contributed by atoms with Crippen LogP contribution < -0.4 is 31.8 Å². The summed E-state index contributed by atoms with van der Waals surface area (Å²) < 4.78 is 0.0324. The van der Waals surface area contributed by atoms with Crippen LogP contribution in [-0.4, -0.2) is 53.4 Å². The third kappa shape index (κ3) is 8.37. The number of likely N-dealkylation sites (N-methyl/N-ethyl adjacent to an activating group) is 1. The van der Waals surface area contributed by atoms with Gasteiger partial charge in [0.2, 0.25) is 0 Å². The molecule has 0 fully saturated rings. The van der Waals surface area contributed by atoms with Crippen molar-refractivity contribution in [2.24, 2.45) is 0 Å². The van der Waals surface area contributed by atoms with Crippen molar-refractivity contribution in [1.29, 1.82) is 0 Å². The van der Waals surface area contributed by atoms with Gasteiger partial charge in [-0.3, -0.25) is 0 Å². The molecule has 0 aromatic heterocycles. The molecule has 0 saturated carbocycles. The topological polar surface area (TPSA) is 61.4 Å². The fraction of sp³-hybridized carbons (Fsp3) is 0.818. The van der Waals surface area contributed by atoms with E-state index < -0.39 is 21.2 Å². The van der Waals surface area contributed by atoms with E-state index in [9.17, 15) is 9.59 Å². The van der Waals surface area contributed by atoms with Gasteiger partial charge in [0, 0.05) is 0 Å². The van der Waals surface area contributed by atoms with Crippen LogP contribution in [0.1, 0.15) is 19.3 Å². The van der Waals surface area contributed by atoms with Gasteiger partial charge in [0.05, 0.1) is 0 Å². The van der Waals surface area contributed by atoms with Gasteiger partial charge >= 0.3 is 114 Å². The Morgan fingerprint density at radius 3 is 2.41 bits per heavy atom. The van der Waals surface area contributed by atoms with Crippen molar-refractivity contribution in [1.82, 2.24) is 15.5 Å². The normalized spacial score (nSPS) is 12.5. The standard InChI is InChI=1S/C11H23IN3O2/c1-12-11(17)14-9(10(16)13-2)7-5-6-8-15(3)4/h9H,5-8H2,1-4H3,(H,13,16)(H,14,17)/q-1. The zero-order valence-corrected chi connectivity index (χ0v) is 13.2. The molecule has 0 bridgehead atoms. The van der Waals surface area contributed by atoms with E-state index in [-0.39, 0.29) is 15.9 Å². The molecule has 0 radical (unpaired) electrons. The Labute approximate surface area is 114 Å². The third-order valence-corrected chi connectivity index (χ3v) is 3.66. The van der Waals surface area contributed by atoms with Crippen LogP contribution in [0.5, 0.6) is 0 Å². The Morgan fingerprint density at radius 2 is 1.94 bits per heavy atom. The predicted molar refractivity (Wildman–Crippen MR) is 64.7 cm³/mol. The van der Waals surface area contributed by atoms with Crippen molar-refractivity contribution in [3.63, 3.8) is 0 Å². The van der Waals surface area contributed by atoms with Crippen molar-refractivity contribution in [2.75, 3.05) is 32.6 Å². The summed E-state index contributed by atoms with van der Waals surface area (Å²) in [4.78, 5) is 26.9. The fourth-order valence-corrected chi connectivity index (χ4v) is 2.10. The first-order valence-electron chi connectivity index (χ1n) is 5.67. The van der Waals surface area contributed by atoms with Crippen LogP contribution in [0.2, 0.25) is 0 Å². The maximum absolute atomic E-state index is 11.6. The van der Waals surface area contributed by atoms with Crippen LogP contribution >= 0.6 is 0 Å². The number of unbranched alkanes of at least 4 members (excludes halogenated alkanes) is 1. The molecule has 0 aromatic rings. The van der Waals surface area contributed by atoms with Crippen LogP contribution in [0.4, 0.5) is 4.79 Å². The van der Waals surface area contributed by atoms with Crippen LogP contribution in [0, 0.1) is 0 Å². The fourth-order valence-electron chi connectivity index (χ4n) is 1.41. The molecule has 5 nitrogen and oxygen atoms in total. The van der Waals surface area contributed by atoms with E-state index in [1.165, 1.54) is 0 Å². The number of halogens is 1. The first-order chi connectivity index (χ1) is 8.01. The van der Waals surface area contributed by atoms with E-state index in [4.69, 9.17) is 0 Å². The molecule has 102 valence electrons. The summed E-state index contributed by atoms with van der Waals surface area (Å²) in [5, 5.41) is 5.38. The van der Waals surface area contributed by atoms with Crippen molar-refractivity contribution in [2.45, 2.75) is 25.3 Å². The summed E-state index contributed by atoms with van der Waals surface area (Å²) in [5.74, 6) is -0.0966. The van der Waals surface area contributed by atoms with Gasteiger partial charge in [0.25, 0.3) is 0 Å². The van der Waals surface area contributed by atoms with E-state index in [1.807, 2.05) is 19.0 Å². The number of carbonyl (C=O) groups excluding carboxylic acids is 2. The molecule has 0 saturated heterocycles. The third-order valence-electron chi connectivity index (χ3n) is 2.37. The van der Waals surface area contributed by atoms with Crippen LogP contribution in [0.15, 0.2) is 0 Å². The van der Waals surface area contributed by atoms with Crippen LogP contribution in [-0.2, 0) is 4.79 Å².